The first kappa shape index (κ1) is 25.1. The first-order valence-corrected chi connectivity index (χ1v) is 13.2. The van der Waals surface area contributed by atoms with E-state index in [1.807, 2.05) is 61.5 Å². The van der Waals surface area contributed by atoms with E-state index in [1.54, 1.807) is 18.2 Å². The van der Waals surface area contributed by atoms with E-state index in [0.29, 0.717) is 24.9 Å². The third-order valence-electron chi connectivity index (χ3n) is 5.74. The van der Waals surface area contributed by atoms with Crippen molar-refractivity contribution in [3.8, 4) is 0 Å². The third kappa shape index (κ3) is 6.99. The number of benzene rings is 3. The summed E-state index contributed by atoms with van der Waals surface area (Å²) < 4.78 is 27.7. The number of sulfonamides is 1. The molecule has 184 valence electrons. The zero-order valence-corrected chi connectivity index (χ0v) is 20.8. The van der Waals surface area contributed by atoms with Gasteiger partial charge in [-0.3, -0.25) is 4.79 Å². The van der Waals surface area contributed by atoms with Gasteiger partial charge in [-0.05, 0) is 54.8 Å². The van der Waals surface area contributed by atoms with Gasteiger partial charge in [-0.25, -0.2) is 23.1 Å². The Morgan fingerprint density at radius 1 is 0.861 bits per heavy atom. The van der Waals surface area contributed by atoms with Crippen molar-refractivity contribution < 1.29 is 13.2 Å². The van der Waals surface area contributed by atoms with E-state index in [-0.39, 0.29) is 22.7 Å². The molecule has 1 aromatic heterocycles. The average Bonchev–Trinajstić information content (AvgIpc) is 2.89. The van der Waals surface area contributed by atoms with Crippen molar-refractivity contribution in [3.05, 3.63) is 114 Å². The second-order valence-corrected chi connectivity index (χ2v) is 10.2. The van der Waals surface area contributed by atoms with E-state index >= 15 is 0 Å². The van der Waals surface area contributed by atoms with Crippen molar-refractivity contribution >= 4 is 27.4 Å². The Hall–Kier alpha value is -4.04. The molecule has 0 amide bonds. The third-order valence-corrected chi connectivity index (χ3v) is 7.09. The van der Waals surface area contributed by atoms with Crippen LogP contribution in [0.5, 0.6) is 0 Å². The predicted molar refractivity (Wildman–Crippen MR) is 141 cm³/mol. The molecule has 0 fully saturated rings. The highest BCUT2D eigenvalue weighted by atomic mass is 32.2. The molecule has 0 aliphatic carbocycles. The molecule has 0 aliphatic rings. The van der Waals surface area contributed by atoms with Crippen LogP contribution in [0.1, 0.15) is 35.6 Å². The van der Waals surface area contributed by atoms with Crippen LogP contribution < -0.4 is 10.0 Å². The molecular formula is C28H28N4O3S. The Morgan fingerprint density at radius 2 is 1.53 bits per heavy atom. The van der Waals surface area contributed by atoms with Crippen LogP contribution in [0, 0.1) is 6.92 Å². The first-order chi connectivity index (χ1) is 17.4. The highest BCUT2D eigenvalue weighted by Gasteiger charge is 2.18. The van der Waals surface area contributed by atoms with Gasteiger partial charge in [0.1, 0.15) is 5.78 Å². The molecule has 36 heavy (non-hydrogen) atoms. The molecule has 0 aliphatic heterocycles. The number of aryl methyl sites for hydroxylation is 2. The quantitative estimate of drug-likeness (QED) is 0.289. The van der Waals surface area contributed by atoms with Crippen molar-refractivity contribution in [1.29, 1.82) is 0 Å². The summed E-state index contributed by atoms with van der Waals surface area (Å²) in [5.41, 5.74) is 3.98. The van der Waals surface area contributed by atoms with Gasteiger partial charge >= 0.3 is 0 Å². The highest BCUT2D eigenvalue weighted by molar-refractivity contribution is 7.92. The van der Waals surface area contributed by atoms with Crippen LogP contribution >= 0.6 is 0 Å². The second-order valence-electron chi connectivity index (χ2n) is 8.54. The van der Waals surface area contributed by atoms with Gasteiger partial charge < -0.3 is 5.32 Å². The molecule has 0 bridgehead atoms. The Balaban J connectivity index is 1.46. The van der Waals surface area contributed by atoms with E-state index in [1.165, 1.54) is 24.5 Å². The zero-order valence-electron chi connectivity index (χ0n) is 20.0. The number of nitrogens with one attached hydrogen (secondary N) is 2. The number of Topliss-reactive ketones (excluding diaryl/α,β-unsaturated/α-hetero) is 1. The minimum Gasteiger partial charge on any atom is -0.378 e. The van der Waals surface area contributed by atoms with Gasteiger partial charge in [0.15, 0.2) is 0 Å². The van der Waals surface area contributed by atoms with Gasteiger partial charge in [-0.2, -0.15) is 0 Å². The lowest BCUT2D eigenvalue weighted by molar-refractivity contribution is -0.119. The number of ketones is 1. The molecule has 1 heterocycles. The molecule has 1 unspecified atom stereocenters. The normalized spacial score (nSPS) is 12.0. The molecule has 4 aromatic rings. The molecule has 2 N–H and O–H groups in total. The number of rotatable bonds is 11. The maximum absolute atomic E-state index is 12.9. The summed E-state index contributed by atoms with van der Waals surface area (Å²) in [4.78, 5) is 20.8. The SMILES string of the molecule is Cc1ccc(C(CC(=O)CCc2ccccc2)Nc2ccc(S(=O)(=O)Nc3ncccn3)cc2)cc1. The van der Waals surface area contributed by atoms with E-state index < -0.39 is 10.0 Å². The Bertz CT molecular complexity index is 1380. The summed E-state index contributed by atoms with van der Waals surface area (Å²) >= 11 is 0. The molecule has 1 atom stereocenters. The number of hydrogen-bond acceptors (Lipinski definition) is 6. The number of carbonyl (C=O) groups is 1. The fourth-order valence-corrected chi connectivity index (χ4v) is 4.73. The molecular weight excluding hydrogens is 472 g/mol. The Labute approximate surface area is 211 Å². The van der Waals surface area contributed by atoms with Crippen molar-refractivity contribution in [3.63, 3.8) is 0 Å². The number of anilines is 2. The van der Waals surface area contributed by atoms with Crippen molar-refractivity contribution in [2.75, 3.05) is 10.0 Å². The lowest BCUT2D eigenvalue weighted by Gasteiger charge is -2.20. The highest BCUT2D eigenvalue weighted by Crippen LogP contribution is 2.26. The summed E-state index contributed by atoms with van der Waals surface area (Å²) in [6, 6.07) is 25.8. The van der Waals surface area contributed by atoms with Crippen LogP contribution in [-0.4, -0.2) is 24.2 Å². The van der Waals surface area contributed by atoms with Gasteiger partial charge in [0.25, 0.3) is 10.0 Å². The van der Waals surface area contributed by atoms with Crippen LogP contribution in [0.15, 0.2) is 102 Å². The fraction of sp³-hybridized carbons (Fsp3) is 0.179. The molecule has 7 nitrogen and oxygen atoms in total. The monoisotopic (exact) mass is 500 g/mol. The van der Waals surface area contributed by atoms with Crippen LogP contribution in [0.2, 0.25) is 0 Å². The van der Waals surface area contributed by atoms with Crippen molar-refractivity contribution in [1.82, 2.24) is 9.97 Å². The molecule has 4 rings (SSSR count). The topological polar surface area (TPSA) is 101 Å². The number of aromatic nitrogens is 2. The fourth-order valence-electron chi connectivity index (χ4n) is 3.77. The van der Waals surface area contributed by atoms with Gasteiger partial charge in [0, 0.05) is 30.9 Å². The molecule has 0 saturated heterocycles. The summed E-state index contributed by atoms with van der Waals surface area (Å²) in [6.45, 7) is 2.02. The van der Waals surface area contributed by atoms with Crippen LogP contribution in [0.4, 0.5) is 11.6 Å². The molecule has 0 radical (unpaired) electrons. The largest absolute Gasteiger partial charge is 0.378 e. The van der Waals surface area contributed by atoms with Gasteiger partial charge in [-0.15, -0.1) is 0 Å². The molecule has 0 saturated carbocycles. The van der Waals surface area contributed by atoms with Crippen molar-refractivity contribution in [2.24, 2.45) is 0 Å². The summed E-state index contributed by atoms with van der Waals surface area (Å²) in [6.07, 6.45) is 4.40. The predicted octanol–water partition coefficient (Wildman–Crippen LogP) is 5.33. The van der Waals surface area contributed by atoms with E-state index in [4.69, 9.17) is 0 Å². The van der Waals surface area contributed by atoms with Gasteiger partial charge in [0.2, 0.25) is 5.95 Å². The number of nitrogens with zero attached hydrogens (tertiary/aromatic N) is 2. The van der Waals surface area contributed by atoms with E-state index in [2.05, 4.69) is 20.0 Å². The number of hydrogen-bond donors (Lipinski definition) is 2. The van der Waals surface area contributed by atoms with Gasteiger partial charge in [0.05, 0.1) is 10.9 Å². The van der Waals surface area contributed by atoms with E-state index in [0.717, 1.165) is 16.7 Å². The minimum absolute atomic E-state index is 0.00755. The Kier molecular flexibility index (Phi) is 8.07. The zero-order chi connectivity index (χ0) is 25.4. The first-order valence-electron chi connectivity index (χ1n) is 11.7. The molecule has 8 heteroatoms. The average molecular weight is 501 g/mol. The lowest BCUT2D eigenvalue weighted by atomic mass is 9.97. The summed E-state index contributed by atoms with van der Waals surface area (Å²) in [5, 5.41) is 3.41. The smallest absolute Gasteiger partial charge is 0.264 e. The molecule has 0 spiro atoms. The minimum atomic E-state index is -3.83. The van der Waals surface area contributed by atoms with E-state index in [9.17, 15) is 13.2 Å². The standard InChI is InChI=1S/C28H28N4O3S/c1-21-8-11-23(12-9-21)27(20-25(33)15-10-22-6-3-2-4-7-22)31-24-13-16-26(17-14-24)36(34,35)32-28-29-18-5-19-30-28/h2-9,11-14,16-19,27,31H,10,15,20H2,1H3,(H,29,30,32). The van der Waals surface area contributed by atoms with Crippen LogP contribution in [0.25, 0.3) is 0 Å². The van der Waals surface area contributed by atoms with Crippen LogP contribution in [-0.2, 0) is 21.2 Å². The second kappa shape index (κ2) is 11.6. The van der Waals surface area contributed by atoms with Crippen molar-refractivity contribution in [2.45, 2.75) is 37.1 Å². The number of carbonyl (C=O) groups excluding carboxylic acids is 1. The Morgan fingerprint density at radius 3 is 2.19 bits per heavy atom. The van der Waals surface area contributed by atoms with Gasteiger partial charge in [-0.1, -0.05) is 60.2 Å². The summed E-state index contributed by atoms with van der Waals surface area (Å²) in [7, 11) is -3.83. The maximum Gasteiger partial charge on any atom is 0.264 e. The summed E-state index contributed by atoms with van der Waals surface area (Å²) in [5.74, 6) is 0.163. The maximum atomic E-state index is 12.9. The molecule has 3 aromatic carbocycles. The van der Waals surface area contributed by atoms with Crippen LogP contribution in [0.3, 0.4) is 0 Å². The lowest BCUT2D eigenvalue weighted by Crippen LogP contribution is -2.17.